The summed E-state index contributed by atoms with van der Waals surface area (Å²) in [5, 5.41) is 8.99. The number of carbonyl (C=O) groups excluding carboxylic acids is 1. The maximum absolute atomic E-state index is 13.0. The Morgan fingerprint density at radius 2 is 1.87 bits per heavy atom. The highest BCUT2D eigenvalue weighted by atomic mass is 35.5. The molecule has 0 atom stereocenters. The summed E-state index contributed by atoms with van der Waals surface area (Å²) in [6.45, 7) is 1.88. The minimum atomic E-state index is -0.335. The predicted octanol–water partition coefficient (Wildman–Crippen LogP) is 4.24. The molecule has 7 heteroatoms. The molecule has 4 rings (SSSR count). The van der Waals surface area contributed by atoms with E-state index in [1.807, 2.05) is 36.4 Å². The molecular weight excluding hydrogens is 412 g/mol. The van der Waals surface area contributed by atoms with E-state index < -0.39 is 0 Å². The molecule has 0 aliphatic rings. The van der Waals surface area contributed by atoms with Gasteiger partial charge < -0.3 is 5.32 Å². The normalized spacial score (nSPS) is 10.9. The van der Waals surface area contributed by atoms with Gasteiger partial charge in [-0.05, 0) is 53.9 Å². The fourth-order valence-electron chi connectivity index (χ4n) is 3.42. The molecule has 0 aliphatic carbocycles. The third kappa shape index (κ3) is 4.81. The van der Waals surface area contributed by atoms with Gasteiger partial charge in [-0.2, -0.15) is 5.10 Å². The molecule has 0 fully saturated rings. The van der Waals surface area contributed by atoms with Crippen molar-refractivity contribution in [1.29, 1.82) is 0 Å². The van der Waals surface area contributed by atoms with E-state index in [0.29, 0.717) is 33.6 Å². The second kappa shape index (κ2) is 9.10. The Morgan fingerprint density at radius 1 is 1.06 bits per heavy atom. The van der Waals surface area contributed by atoms with Gasteiger partial charge in [-0.25, -0.2) is 4.68 Å². The first-order chi connectivity index (χ1) is 15.0. The Labute approximate surface area is 184 Å². The van der Waals surface area contributed by atoms with E-state index in [-0.39, 0.29) is 18.0 Å². The van der Waals surface area contributed by atoms with E-state index in [2.05, 4.69) is 22.3 Å². The average Bonchev–Trinajstić information content (AvgIpc) is 2.78. The molecule has 0 saturated heterocycles. The summed E-state index contributed by atoms with van der Waals surface area (Å²) in [6, 6.07) is 16.5. The van der Waals surface area contributed by atoms with Crippen molar-refractivity contribution in [1.82, 2.24) is 14.8 Å². The van der Waals surface area contributed by atoms with E-state index in [1.54, 1.807) is 30.6 Å². The summed E-state index contributed by atoms with van der Waals surface area (Å²) in [5.74, 6) is -0.320. The van der Waals surface area contributed by atoms with E-state index in [4.69, 9.17) is 11.6 Å². The molecule has 1 amide bonds. The van der Waals surface area contributed by atoms with Gasteiger partial charge >= 0.3 is 0 Å². The molecule has 2 aromatic heterocycles. The zero-order valence-electron chi connectivity index (χ0n) is 17.0. The lowest BCUT2D eigenvalue weighted by Crippen LogP contribution is -2.30. The monoisotopic (exact) mass is 432 g/mol. The molecule has 4 aromatic rings. The predicted molar refractivity (Wildman–Crippen MR) is 123 cm³/mol. The Balaban J connectivity index is 1.66. The number of aryl methyl sites for hydroxylation is 1. The molecule has 0 unspecified atom stereocenters. The SMILES string of the molecule is CCc1ccc(NC(=O)Cn2nc(Cc3cccnc3)c3cc(Cl)ccc3c2=O)cc1. The highest BCUT2D eigenvalue weighted by molar-refractivity contribution is 6.31. The van der Waals surface area contributed by atoms with Crippen LogP contribution in [0.4, 0.5) is 5.69 Å². The smallest absolute Gasteiger partial charge is 0.275 e. The first-order valence-corrected chi connectivity index (χ1v) is 10.4. The second-order valence-corrected chi connectivity index (χ2v) is 7.67. The van der Waals surface area contributed by atoms with Crippen LogP contribution >= 0.6 is 11.6 Å². The molecule has 0 aliphatic heterocycles. The summed E-state index contributed by atoms with van der Waals surface area (Å²) in [6.07, 6.45) is 4.84. The number of anilines is 1. The quantitative estimate of drug-likeness (QED) is 0.494. The number of pyridine rings is 1. The van der Waals surface area contributed by atoms with Crippen LogP contribution in [0.2, 0.25) is 5.02 Å². The van der Waals surface area contributed by atoms with Gasteiger partial charge in [0.15, 0.2) is 0 Å². The number of hydrogen-bond acceptors (Lipinski definition) is 4. The number of fused-ring (bicyclic) bond motifs is 1. The number of amides is 1. The van der Waals surface area contributed by atoms with Gasteiger partial charge in [0.1, 0.15) is 6.54 Å². The molecule has 2 aromatic carbocycles. The zero-order valence-corrected chi connectivity index (χ0v) is 17.8. The van der Waals surface area contributed by atoms with Gasteiger partial charge in [0, 0.05) is 34.9 Å². The molecule has 0 spiro atoms. The van der Waals surface area contributed by atoms with Gasteiger partial charge in [0.2, 0.25) is 5.91 Å². The Hall–Kier alpha value is -3.51. The number of hydrogen-bond donors (Lipinski definition) is 1. The van der Waals surface area contributed by atoms with Crippen molar-refractivity contribution >= 4 is 34.0 Å². The summed E-state index contributed by atoms with van der Waals surface area (Å²) in [7, 11) is 0. The van der Waals surface area contributed by atoms with Crippen molar-refractivity contribution in [2.75, 3.05) is 5.32 Å². The first kappa shape index (κ1) is 20.8. The van der Waals surface area contributed by atoms with E-state index >= 15 is 0 Å². The topological polar surface area (TPSA) is 76.9 Å². The van der Waals surface area contributed by atoms with Gasteiger partial charge in [-0.15, -0.1) is 0 Å². The van der Waals surface area contributed by atoms with E-state index in [9.17, 15) is 9.59 Å². The van der Waals surface area contributed by atoms with Crippen LogP contribution < -0.4 is 10.9 Å². The van der Waals surface area contributed by atoms with Crippen molar-refractivity contribution in [3.8, 4) is 0 Å². The molecule has 0 radical (unpaired) electrons. The lowest BCUT2D eigenvalue weighted by Gasteiger charge is -2.12. The van der Waals surface area contributed by atoms with Crippen LogP contribution in [-0.2, 0) is 24.2 Å². The van der Waals surface area contributed by atoms with Gasteiger partial charge in [0.25, 0.3) is 5.56 Å². The molecule has 31 heavy (non-hydrogen) atoms. The summed E-state index contributed by atoms with van der Waals surface area (Å²) in [4.78, 5) is 29.7. The highest BCUT2D eigenvalue weighted by Crippen LogP contribution is 2.21. The molecule has 0 saturated carbocycles. The van der Waals surface area contributed by atoms with Crippen LogP contribution in [0.25, 0.3) is 10.8 Å². The van der Waals surface area contributed by atoms with Crippen LogP contribution in [0.15, 0.2) is 71.8 Å². The van der Waals surface area contributed by atoms with Crippen molar-refractivity contribution in [3.63, 3.8) is 0 Å². The van der Waals surface area contributed by atoms with Crippen molar-refractivity contribution in [3.05, 3.63) is 99.2 Å². The van der Waals surface area contributed by atoms with Crippen LogP contribution in [0.3, 0.4) is 0 Å². The minimum Gasteiger partial charge on any atom is -0.324 e. The number of aromatic nitrogens is 3. The molecule has 156 valence electrons. The van der Waals surface area contributed by atoms with Crippen LogP contribution in [0.5, 0.6) is 0 Å². The number of halogens is 1. The summed E-state index contributed by atoms with van der Waals surface area (Å²) in [5.41, 5.74) is 3.13. The fraction of sp³-hybridized carbons (Fsp3) is 0.167. The van der Waals surface area contributed by atoms with Crippen LogP contribution in [0, 0.1) is 0 Å². The maximum atomic E-state index is 13.0. The molecule has 2 heterocycles. The van der Waals surface area contributed by atoms with Crippen LogP contribution in [0.1, 0.15) is 23.7 Å². The molecule has 6 nitrogen and oxygen atoms in total. The highest BCUT2D eigenvalue weighted by Gasteiger charge is 2.14. The number of benzene rings is 2. The maximum Gasteiger partial charge on any atom is 0.275 e. The molecule has 0 bridgehead atoms. The van der Waals surface area contributed by atoms with E-state index in [1.165, 1.54) is 10.2 Å². The number of carbonyl (C=O) groups is 1. The van der Waals surface area contributed by atoms with Crippen molar-refractivity contribution < 1.29 is 4.79 Å². The third-order valence-electron chi connectivity index (χ3n) is 5.03. The lowest BCUT2D eigenvalue weighted by molar-refractivity contribution is -0.117. The number of rotatable bonds is 6. The summed E-state index contributed by atoms with van der Waals surface area (Å²) < 4.78 is 1.21. The Morgan fingerprint density at radius 3 is 2.58 bits per heavy atom. The standard InChI is InChI=1S/C24H21ClN4O2/c1-2-16-5-8-19(9-6-16)27-23(30)15-29-24(31)20-10-7-18(25)13-21(20)22(28-29)12-17-4-3-11-26-14-17/h3-11,13-14H,2,12,15H2,1H3,(H,27,30). The Bertz CT molecular complexity index is 1280. The largest absolute Gasteiger partial charge is 0.324 e. The number of nitrogens with zero attached hydrogens (tertiary/aromatic N) is 3. The zero-order chi connectivity index (χ0) is 21.8. The Kier molecular flexibility index (Phi) is 6.09. The molecule has 1 N–H and O–H groups in total. The first-order valence-electron chi connectivity index (χ1n) is 10.0. The second-order valence-electron chi connectivity index (χ2n) is 7.24. The van der Waals surface area contributed by atoms with E-state index in [0.717, 1.165) is 12.0 Å². The lowest BCUT2D eigenvalue weighted by atomic mass is 10.1. The van der Waals surface area contributed by atoms with Gasteiger partial charge in [0.05, 0.1) is 11.1 Å². The fourth-order valence-corrected chi connectivity index (χ4v) is 3.59. The summed E-state index contributed by atoms with van der Waals surface area (Å²) >= 11 is 6.17. The van der Waals surface area contributed by atoms with Crippen molar-refractivity contribution in [2.24, 2.45) is 0 Å². The number of nitrogens with one attached hydrogen (secondary N) is 1. The average molecular weight is 433 g/mol. The van der Waals surface area contributed by atoms with Gasteiger partial charge in [-0.3, -0.25) is 14.6 Å². The molecular formula is C24H21ClN4O2. The minimum absolute atomic E-state index is 0.188. The van der Waals surface area contributed by atoms with Gasteiger partial charge in [-0.1, -0.05) is 36.7 Å². The van der Waals surface area contributed by atoms with Crippen molar-refractivity contribution in [2.45, 2.75) is 26.3 Å². The third-order valence-corrected chi connectivity index (χ3v) is 5.27. The van der Waals surface area contributed by atoms with Crippen LogP contribution in [-0.4, -0.2) is 20.7 Å².